The maximum absolute atomic E-state index is 14.0. The van der Waals surface area contributed by atoms with Crippen molar-refractivity contribution in [3.8, 4) is 44.9 Å². The first-order chi connectivity index (χ1) is 59.1. The number of nitrogens with zero attached hydrogens (tertiary/aromatic N) is 2. The van der Waals surface area contributed by atoms with Gasteiger partial charge in [-0.1, -0.05) is 91.3 Å². The van der Waals surface area contributed by atoms with E-state index in [9.17, 15) is 71.1 Å². The quantitative estimate of drug-likeness (QED) is 0.0153. The highest BCUT2D eigenvalue weighted by Gasteiger charge is 2.32. The number of unbranched alkanes of at least 4 members (excludes halogenated alkanes) is 2. The second-order valence-corrected chi connectivity index (χ2v) is 36.5. The van der Waals surface area contributed by atoms with E-state index in [0.717, 1.165) is 27.8 Å². The Kier molecular flexibility index (Phi) is 24.5. The minimum atomic E-state index is -4.96. The molecule has 26 nitrogen and oxygen atoms in total. The predicted octanol–water partition coefficient (Wildman–Crippen LogP) is 20.4. The number of rotatable bonds is 24. The fraction of sp³-hybridized carbons (Fsp3) is 0.179. The lowest BCUT2D eigenvalue weighted by Crippen LogP contribution is -2.16. The van der Waals surface area contributed by atoms with Crippen LogP contribution in [0.2, 0.25) is 0 Å². The fourth-order valence-electron chi connectivity index (χ4n) is 16.7. The monoisotopic (exact) mass is 1760 g/mol. The summed E-state index contributed by atoms with van der Waals surface area (Å²) in [4.78, 5) is 63.2. The molecule has 2 aliphatic carbocycles. The Morgan fingerprint density at radius 2 is 0.680 bits per heavy atom. The summed E-state index contributed by atoms with van der Waals surface area (Å²) in [7, 11) is -19.5. The third kappa shape index (κ3) is 18.1. The number of anilines is 8. The Morgan fingerprint density at radius 1 is 0.328 bits per heavy atom. The van der Waals surface area contributed by atoms with Gasteiger partial charge in [-0.15, -0.1) is 0 Å². The number of benzene rings is 12. The minimum absolute atomic E-state index is 0.0454. The van der Waals surface area contributed by atoms with Crippen molar-refractivity contribution in [1.82, 2.24) is 0 Å². The van der Waals surface area contributed by atoms with Crippen LogP contribution < -0.4 is 42.6 Å². The number of carbonyl (C=O) groups is 4. The van der Waals surface area contributed by atoms with Gasteiger partial charge < -0.3 is 40.7 Å². The number of amides is 4. The van der Waals surface area contributed by atoms with E-state index < -0.39 is 62.1 Å². The number of aryl methyl sites for hydroxylation is 4. The van der Waals surface area contributed by atoms with E-state index in [-0.39, 0.29) is 124 Å². The largest absolute Gasteiger partial charge is 0.456 e. The van der Waals surface area contributed by atoms with E-state index in [4.69, 9.17) is 18.8 Å². The number of carbonyl (C=O) groups excluding carboxylic acids is 4. The minimum Gasteiger partial charge on any atom is -0.456 e. The summed E-state index contributed by atoms with van der Waals surface area (Å²) in [6.07, 6.45) is 1.14. The molecular weight excluding hydrogens is 1670 g/mol. The maximum atomic E-state index is 14.0. The van der Waals surface area contributed by atoms with Crippen LogP contribution in [0.25, 0.3) is 66.8 Å². The molecule has 30 heteroatoms. The van der Waals surface area contributed by atoms with Gasteiger partial charge >= 0.3 is 0 Å². The van der Waals surface area contributed by atoms with Crippen LogP contribution >= 0.6 is 0 Å². The van der Waals surface area contributed by atoms with Gasteiger partial charge in [0.15, 0.2) is 0 Å². The van der Waals surface area contributed by atoms with Crippen molar-refractivity contribution < 1.29 is 79.9 Å². The van der Waals surface area contributed by atoms with Crippen molar-refractivity contribution in [1.29, 1.82) is 0 Å². The molecule has 14 rings (SSSR count). The molecule has 0 aromatic heterocycles. The van der Waals surface area contributed by atoms with Crippen molar-refractivity contribution in [3.63, 3.8) is 0 Å². The Bertz CT molecular complexity index is 7440. The van der Waals surface area contributed by atoms with Gasteiger partial charge in [0.1, 0.15) is 42.3 Å². The average molecular weight is 1760 g/mol. The molecule has 0 atom stereocenters. The Labute approximate surface area is 722 Å². The molecule has 4 amide bonds. The van der Waals surface area contributed by atoms with E-state index in [1.165, 1.54) is 52.0 Å². The van der Waals surface area contributed by atoms with E-state index in [1.807, 2.05) is 59.7 Å². The average Bonchev–Trinajstić information content (AvgIpc) is 0.739. The smallest absolute Gasteiger partial charge is 0.295 e. The normalized spacial score (nSPS) is 12.3. The Balaban J connectivity index is 0.701. The number of hydrogen-bond donors (Lipinski definition) is 10. The van der Waals surface area contributed by atoms with Crippen LogP contribution in [0.5, 0.6) is 0 Å². The standard InChI is InChI=1S/C95H88N8O18S4/c1-50-44-52(3)86(54(5)84(50)96-64-36-40-68-74(46-64)120-77-49-67(39-43-71(77)82(68)72-30-22-24-32-78(72)122(108,109)110)99-89-57(8)91(61(12)93(59(89)10)125(117,118)119)103-95(107)63-28-18-14-19-29-63)100-80(104)34-20-15-21-35-81(105)101-90-56(7)88(58(9)92(60(90)11)124(114,115)116)98-66-38-42-70-76(48-66)121-75-47-65(37-41-69(75)83(70)73-31-23-25-33-79(73)123(111,112)113)97-85-51(2)45-53(4)87(55(85)6)102-94(106)62-26-16-13-17-27-62/h13-14,16-19,22-33,36-49,96-97H,15,20-21,34-35H2,1-12H3,(H,100,104)(H,101,105)(H,102,106)(H,103,107)(H,108,109,110)(H,111,112,113)(H,114,115,116)(H,117,118,119). The molecule has 0 saturated carbocycles. The van der Waals surface area contributed by atoms with Gasteiger partial charge in [0.25, 0.3) is 52.3 Å². The molecule has 0 radical (unpaired) electrons. The van der Waals surface area contributed by atoms with E-state index in [0.29, 0.717) is 114 Å². The van der Waals surface area contributed by atoms with Crippen molar-refractivity contribution in [2.24, 2.45) is 9.98 Å². The van der Waals surface area contributed by atoms with Crippen LogP contribution in [0, 0.1) is 83.1 Å². The molecule has 0 saturated heterocycles. The third-order valence-electron chi connectivity index (χ3n) is 22.4. The van der Waals surface area contributed by atoms with Crippen LogP contribution in [0.4, 0.5) is 56.9 Å². The second-order valence-electron chi connectivity index (χ2n) is 31.0. The molecule has 4 aliphatic rings. The lowest BCUT2D eigenvalue weighted by Gasteiger charge is -2.21. The zero-order valence-corrected chi connectivity index (χ0v) is 73.3. The SMILES string of the molecule is Cc1cc(C)c(Nc2ccc3c(-c4ccccc4S(=O)(=O)O)c4ccc(=Nc5c(C)c(NC(=O)c6ccccc6)c(C)c(S(=O)(=O)O)c5C)cc-4oc3c2)c(C)c1NC(=O)CCCCCC(=O)Nc1c(C)c(N=c2ccc3c(-c4ccccc4S(=O)(=O)O)c4ccc(Nc5c(C)cc(C)c(NC(=O)c6ccccc6)c5C)cc4oc-3c2)c(C)c(S(=O)(=O)O)c1C. The molecule has 0 unspecified atom stereocenters. The van der Waals surface area contributed by atoms with Gasteiger partial charge in [-0.3, -0.25) is 37.4 Å². The van der Waals surface area contributed by atoms with Crippen LogP contribution in [-0.4, -0.2) is 75.5 Å². The van der Waals surface area contributed by atoms with Gasteiger partial charge in [0, 0.05) is 127 Å². The first-order valence-electron chi connectivity index (χ1n) is 39.7. The zero-order chi connectivity index (χ0) is 89.8. The summed E-state index contributed by atoms with van der Waals surface area (Å²) < 4.78 is 161. The lowest BCUT2D eigenvalue weighted by molar-refractivity contribution is -0.116. The third-order valence-corrected chi connectivity index (χ3v) is 26.5. The zero-order valence-electron chi connectivity index (χ0n) is 70.0. The molecule has 10 N–H and O–H groups in total. The first-order valence-corrected chi connectivity index (χ1v) is 45.5. The van der Waals surface area contributed by atoms with Crippen molar-refractivity contribution >= 4 is 143 Å². The highest BCUT2D eigenvalue weighted by atomic mass is 32.2. The van der Waals surface area contributed by atoms with Gasteiger partial charge in [-0.2, -0.15) is 33.7 Å². The van der Waals surface area contributed by atoms with Crippen molar-refractivity contribution in [3.05, 3.63) is 283 Å². The highest BCUT2D eigenvalue weighted by Crippen LogP contribution is 2.48. The summed E-state index contributed by atoms with van der Waals surface area (Å²) in [6, 6.07) is 53.1. The van der Waals surface area contributed by atoms with Crippen molar-refractivity contribution in [2.45, 2.75) is 135 Å². The van der Waals surface area contributed by atoms with Gasteiger partial charge in [0.05, 0.1) is 33.5 Å². The molecule has 2 heterocycles. The molecule has 0 spiro atoms. The number of fused-ring (bicyclic) bond motifs is 4. The van der Waals surface area contributed by atoms with Crippen LogP contribution in [0.1, 0.15) is 120 Å². The summed E-state index contributed by atoms with van der Waals surface area (Å²) in [5.41, 5.74) is 13.0. The second kappa shape index (κ2) is 34.8. The maximum Gasteiger partial charge on any atom is 0.295 e. The lowest BCUT2D eigenvalue weighted by atomic mass is 9.93. The molecule has 640 valence electrons. The van der Waals surface area contributed by atoms with Crippen LogP contribution in [0.3, 0.4) is 0 Å². The summed E-state index contributed by atoms with van der Waals surface area (Å²) in [5.74, 6) is -1.23. The molecule has 0 bridgehead atoms. The summed E-state index contributed by atoms with van der Waals surface area (Å²) in [5, 5.41) is 20.2. The summed E-state index contributed by atoms with van der Waals surface area (Å²) in [6.45, 7) is 20.6. The molecule has 10 aromatic rings. The molecule has 2 aliphatic heterocycles. The van der Waals surface area contributed by atoms with E-state index in [2.05, 4.69) is 31.9 Å². The van der Waals surface area contributed by atoms with Crippen LogP contribution in [0.15, 0.2) is 233 Å². The molecular formula is C95H88N8O18S4. The first kappa shape index (κ1) is 88.0. The molecule has 125 heavy (non-hydrogen) atoms. The van der Waals surface area contributed by atoms with E-state index in [1.54, 1.807) is 166 Å². The molecule has 0 fully saturated rings. The topological polar surface area (TPSA) is 409 Å². The van der Waals surface area contributed by atoms with E-state index >= 15 is 0 Å². The summed E-state index contributed by atoms with van der Waals surface area (Å²) >= 11 is 0. The predicted molar refractivity (Wildman–Crippen MR) is 485 cm³/mol. The van der Waals surface area contributed by atoms with Gasteiger partial charge in [-0.25, -0.2) is 9.98 Å². The van der Waals surface area contributed by atoms with Crippen LogP contribution in [-0.2, 0) is 50.1 Å². The number of nitrogens with one attached hydrogen (secondary N) is 6. The fourth-order valence-corrected chi connectivity index (χ4v) is 20.0. The highest BCUT2D eigenvalue weighted by molar-refractivity contribution is 7.86. The Morgan fingerprint density at radius 3 is 1.07 bits per heavy atom. The van der Waals surface area contributed by atoms with Gasteiger partial charge in [-0.05, 0) is 248 Å². The molecule has 10 aromatic carbocycles. The Hall–Kier alpha value is -13.3. The van der Waals surface area contributed by atoms with Gasteiger partial charge in [0.2, 0.25) is 11.8 Å². The van der Waals surface area contributed by atoms with Crippen molar-refractivity contribution in [2.75, 3.05) is 31.9 Å². The number of hydrogen-bond acceptors (Lipinski definition) is 18.